The number of halogens is 1. The predicted octanol–water partition coefficient (Wildman–Crippen LogP) is 3.26. The van der Waals surface area contributed by atoms with Crippen molar-refractivity contribution < 1.29 is 4.79 Å². The Hall–Kier alpha value is -0.190. The monoisotopic (exact) mass is 315 g/mol. The highest BCUT2D eigenvalue weighted by atomic mass is 79.9. The molecule has 0 amide bonds. The third-order valence-electron chi connectivity index (χ3n) is 3.81. The second-order valence-electron chi connectivity index (χ2n) is 5.07. The number of thiophene rings is 1. The zero-order valence-electron chi connectivity index (χ0n) is 10.3. The summed E-state index contributed by atoms with van der Waals surface area (Å²) in [5, 5.41) is 5.38. The van der Waals surface area contributed by atoms with Crippen molar-refractivity contribution >= 4 is 33.0 Å². The standard InChI is InChI=1S/C13H18BrNOS/c1-9(2)13(3-4-15-8-13)12(16)6-11-5-10(14)7-17-11/h5,7,9,15H,3-4,6,8H2,1-2H3. The fourth-order valence-electron chi connectivity index (χ4n) is 2.54. The molecule has 0 bridgehead atoms. The van der Waals surface area contributed by atoms with E-state index in [9.17, 15) is 4.79 Å². The Morgan fingerprint density at radius 1 is 1.65 bits per heavy atom. The van der Waals surface area contributed by atoms with E-state index in [0.29, 0.717) is 18.1 Å². The zero-order valence-corrected chi connectivity index (χ0v) is 12.7. The van der Waals surface area contributed by atoms with Crippen LogP contribution in [0.15, 0.2) is 15.9 Å². The molecule has 17 heavy (non-hydrogen) atoms. The minimum atomic E-state index is -0.142. The molecular formula is C13H18BrNOS. The molecule has 4 heteroatoms. The van der Waals surface area contributed by atoms with Crippen LogP contribution in [-0.2, 0) is 11.2 Å². The maximum absolute atomic E-state index is 12.5. The van der Waals surface area contributed by atoms with Crippen molar-refractivity contribution in [3.63, 3.8) is 0 Å². The van der Waals surface area contributed by atoms with Crippen molar-refractivity contribution in [3.8, 4) is 0 Å². The normalized spacial score (nSPS) is 24.5. The van der Waals surface area contributed by atoms with Crippen molar-refractivity contribution in [3.05, 3.63) is 20.8 Å². The van der Waals surface area contributed by atoms with Crippen LogP contribution in [0.5, 0.6) is 0 Å². The van der Waals surface area contributed by atoms with E-state index in [1.165, 1.54) is 0 Å². The lowest BCUT2D eigenvalue weighted by molar-refractivity contribution is -0.129. The predicted molar refractivity (Wildman–Crippen MR) is 75.5 cm³/mol. The molecule has 1 fully saturated rings. The van der Waals surface area contributed by atoms with Crippen molar-refractivity contribution in [2.45, 2.75) is 26.7 Å². The number of rotatable bonds is 4. The van der Waals surface area contributed by atoms with Gasteiger partial charge in [-0.15, -0.1) is 11.3 Å². The molecule has 1 atom stereocenters. The number of hydrogen-bond donors (Lipinski definition) is 1. The minimum Gasteiger partial charge on any atom is -0.316 e. The number of carbonyl (C=O) groups is 1. The van der Waals surface area contributed by atoms with Crippen molar-refractivity contribution in [1.82, 2.24) is 5.32 Å². The molecular weight excluding hydrogens is 298 g/mol. The van der Waals surface area contributed by atoms with Gasteiger partial charge in [-0.25, -0.2) is 0 Å². The molecule has 0 spiro atoms. The van der Waals surface area contributed by atoms with Gasteiger partial charge in [-0.05, 0) is 40.9 Å². The summed E-state index contributed by atoms with van der Waals surface area (Å²) < 4.78 is 1.08. The average molecular weight is 316 g/mol. The van der Waals surface area contributed by atoms with Gasteiger partial charge in [0.2, 0.25) is 0 Å². The van der Waals surface area contributed by atoms with Crippen LogP contribution in [0.3, 0.4) is 0 Å². The lowest BCUT2D eigenvalue weighted by Gasteiger charge is -2.30. The Morgan fingerprint density at radius 2 is 2.41 bits per heavy atom. The number of nitrogens with one attached hydrogen (secondary N) is 1. The summed E-state index contributed by atoms with van der Waals surface area (Å²) >= 11 is 5.09. The molecule has 0 aliphatic carbocycles. The average Bonchev–Trinajstić information content (AvgIpc) is 2.87. The summed E-state index contributed by atoms with van der Waals surface area (Å²) in [6.45, 7) is 6.14. The molecule has 2 nitrogen and oxygen atoms in total. The first-order valence-electron chi connectivity index (χ1n) is 6.01. The molecule has 1 aliphatic rings. The summed E-state index contributed by atoms with van der Waals surface area (Å²) in [6.07, 6.45) is 1.56. The van der Waals surface area contributed by atoms with E-state index in [-0.39, 0.29) is 5.41 Å². The van der Waals surface area contributed by atoms with Crippen molar-refractivity contribution in [1.29, 1.82) is 0 Å². The Morgan fingerprint density at radius 3 is 2.88 bits per heavy atom. The molecule has 0 radical (unpaired) electrons. The third kappa shape index (κ3) is 2.64. The lowest BCUT2D eigenvalue weighted by atomic mass is 9.72. The van der Waals surface area contributed by atoms with E-state index >= 15 is 0 Å². The van der Waals surface area contributed by atoms with Gasteiger partial charge in [-0.1, -0.05) is 13.8 Å². The van der Waals surface area contributed by atoms with Gasteiger partial charge < -0.3 is 5.32 Å². The molecule has 1 N–H and O–H groups in total. The number of carbonyl (C=O) groups excluding carboxylic acids is 1. The molecule has 1 saturated heterocycles. The highest BCUT2D eigenvalue weighted by Crippen LogP contribution is 2.36. The zero-order chi connectivity index (χ0) is 12.5. The summed E-state index contributed by atoms with van der Waals surface area (Å²) in [4.78, 5) is 13.7. The SMILES string of the molecule is CC(C)C1(C(=O)Cc2cc(Br)cs2)CCNC1. The Bertz CT molecular complexity index is 407. The van der Waals surface area contributed by atoms with Gasteiger partial charge in [0.1, 0.15) is 5.78 Å². The highest BCUT2D eigenvalue weighted by Gasteiger charge is 2.43. The van der Waals surface area contributed by atoms with Gasteiger partial charge in [0.15, 0.2) is 0 Å². The van der Waals surface area contributed by atoms with Crippen LogP contribution >= 0.6 is 27.3 Å². The Kier molecular flexibility index (Phi) is 4.06. The maximum atomic E-state index is 12.5. The van der Waals surface area contributed by atoms with E-state index in [0.717, 1.165) is 28.9 Å². The Balaban J connectivity index is 2.12. The second-order valence-corrected chi connectivity index (χ2v) is 6.98. The molecule has 0 aromatic carbocycles. The summed E-state index contributed by atoms with van der Waals surface area (Å²) in [7, 11) is 0. The first-order valence-corrected chi connectivity index (χ1v) is 7.69. The molecule has 1 aromatic heterocycles. The topological polar surface area (TPSA) is 29.1 Å². The molecule has 0 saturated carbocycles. The van der Waals surface area contributed by atoms with Crippen LogP contribution < -0.4 is 5.32 Å². The fraction of sp³-hybridized carbons (Fsp3) is 0.615. The Labute approximate surface area is 115 Å². The van der Waals surface area contributed by atoms with Crippen LogP contribution in [-0.4, -0.2) is 18.9 Å². The van der Waals surface area contributed by atoms with Crippen LogP contribution in [0, 0.1) is 11.3 Å². The molecule has 2 rings (SSSR count). The van der Waals surface area contributed by atoms with Crippen molar-refractivity contribution in [2.75, 3.05) is 13.1 Å². The number of hydrogen-bond acceptors (Lipinski definition) is 3. The quantitative estimate of drug-likeness (QED) is 0.924. The van der Waals surface area contributed by atoms with Crippen LogP contribution in [0.1, 0.15) is 25.1 Å². The van der Waals surface area contributed by atoms with Crippen LogP contribution in [0.25, 0.3) is 0 Å². The van der Waals surface area contributed by atoms with E-state index in [1.807, 2.05) is 5.38 Å². The number of Topliss-reactive ketones (excluding diaryl/α,β-unsaturated/α-hetero) is 1. The van der Waals surface area contributed by atoms with Gasteiger partial charge in [-0.3, -0.25) is 4.79 Å². The smallest absolute Gasteiger partial charge is 0.145 e. The fourth-order valence-corrected chi connectivity index (χ4v) is 3.99. The first kappa shape index (κ1) is 13.2. The molecule has 1 aliphatic heterocycles. The van der Waals surface area contributed by atoms with E-state index in [2.05, 4.69) is 41.2 Å². The number of ketones is 1. The summed E-state index contributed by atoms with van der Waals surface area (Å²) in [6, 6.07) is 2.05. The van der Waals surface area contributed by atoms with Crippen LogP contribution in [0.2, 0.25) is 0 Å². The lowest BCUT2D eigenvalue weighted by Crippen LogP contribution is -2.39. The van der Waals surface area contributed by atoms with Gasteiger partial charge in [0, 0.05) is 33.1 Å². The van der Waals surface area contributed by atoms with E-state index < -0.39 is 0 Å². The van der Waals surface area contributed by atoms with Gasteiger partial charge >= 0.3 is 0 Å². The van der Waals surface area contributed by atoms with Gasteiger partial charge in [-0.2, -0.15) is 0 Å². The molecule has 2 heterocycles. The second kappa shape index (κ2) is 5.21. The van der Waals surface area contributed by atoms with E-state index in [4.69, 9.17) is 0 Å². The van der Waals surface area contributed by atoms with Gasteiger partial charge in [0.25, 0.3) is 0 Å². The third-order valence-corrected chi connectivity index (χ3v) is 5.50. The highest BCUT2D eigenvalue weighted by molar-refractivity contribution is 9.10. The first-order chi connectivity index (χ1) is 8.04. The maximum Gasteiger partial charge on any atom is 0.145 e. The minimum absolute atomic E-state index is 0.142. The van der Waals surface area contributed by atoms with Gasteiger partial charge in [0.05, 0.1) is 0 Å². The molecule has 94 valence electrons. The van der Waals surface area contributed by atoms with Crippen LogP contribution in [0.4, 0.5) is 0 Å². The van der Waals surface area contributed by atoms with Crippen molar-refractivity contribution in [2.24, 2.45) is 11.3 Å². The van der Waals surface area contributed by atoms with E-state index in [1.54, 1.807) is 11.3 Å². The summed E-state index contributed by atoms with van der Waals surface area (Å²) in [5.74, 6) is 0.806. The largest absolute Gasteiger partial charge is 0.316 e. The molecule has 1 aromatic rings. The molecule has 1 unspecified atom stereocenters. The summed E-state index contributed by atoms with van der Waals surface area (Å²) in [5.41, 5.74) is -0.142.